The number of benzene rings is 5. The molecule has 0 radical (unpaired) electrons. The van der Waals surface area contributed by atoms with E-state index in [0.29, 0.717) is 10.0 Å². The van der Waals surface area contributed by atoms with Gasteiger partial charge in [-0.15, -0.1) is 25.5 Å². The summed E-state index contributed by atoms with van der Waals surface area (Å²) in [6.45, 7) is 33.6. The predicted molar refractivity (Wildman–Crippen MR) is 563 cm³/mol. The fraction of sp³-hybridized carbons (Fsp3) is 0.423. The standard InChI is InChI=1S/C24H31ClN6.C22H27ClN6.C22H26ClN5O.C18H21ClN6.C18H20ClN5O/c25-20-1-3-21(4-2-20)31-23-17-27-12-7-22(23)24(29-31)30-13-8-19(9-14-30)16-28-15-18-5-10-26-11-6-18;23-18-1-3-19(4-2-18)29-21-15-25-8-5-20(21)22(26-29)28-11-6-17(7-12-28)16-27-13-9-24-10-14-27;23-18-1-3-19(4-2-18)28-21-15-24-8-5-20(21)22(25-28)27-9-6-17(7-10-27)16-26-11-13-29-14-12-26;19-14-1-3-15(4-2-14)25-17-13-21-6-5-16(17)18(23-25)22-9-12-24-10-7-20-8-11-24;19-14-1-3-15(4-2-14)24-17-13-20-6-5-16(17)18(22-24)21-7-8-23-9-11-25-12-10-23/h1-4,7,12,17-19,26,28H,5-6,8-11,13-16H2;1-5,8,15,17,24H,6-7,9-14,16H2;1-5,8,15,17H,6-7,9-14,16H2;1-6,13,20H,7-12H2,(H,22,23);1-6,13H,7-12H2,(H,21,22). The number of piperidine rings is 4. The summed E-state index contributed by atoms with van der Waals surface area (Å²) in [6, 6.07) is 49.0. The maximum atomic E-state index is 6.08. The van der Waals surface area contributed by atoms with Crippen LogP contribution in [0, 0.1) is 23.7 Å². The maximum Gasteiger partial charge on any atom is 0.159 e. The molecule has 30 nitrogen and oxygen atoms in total. The molecule has 8 aliphatic heterocycles. The molecule has 23 rings (SSSR count). The Morgan fingerprint density at radius 2 is 0.547 bits per heavy atom. The van der Waals surface area contributed by atoms with Gasteiger partial charge in [-0.05, 0) is 253 Å². The third kappa shape index (κ3) is 25.1. The van der Waals surface area contributed by atoms with Crippen molar-refractivity contribution in [1.29, 1.82) is 0 Å². The first-order valence-corrected chi connectivity index (χ1v) is 51.4. The summed E-state index contributed by atoms with van der Waals surface area (Å²) in [4.78, 5) is 38.9. The highest BCUT2D eigenvalue weighted by Crippen LogP contribution is 2.37. The van der Waals surface area contributed by atoms with Gasteiger partial charge in [0.05, 0.1) is 113 Å². The maximum absolute atomic E-state index is 6.08. The van der Waals surface area contributed by atoms with E-state index >= 15 is 0 Å². The molecule has 8 aliphatic rings. The molecule has 18 heterocycles. The number of nitrogens with one attached hydrogen (secondary N) is 6. The first-order chi connectivity index (χ1) is 68.4. The summed E-state index contributed by atoms with van der Waals surface area (Å²) in [5.74, 6) is 8.10. The third-order valence-electron chi connectivity index (χ3n) is 27.9. The van der Waals surface area contributed by atoms with Gasteiger partial charge in [-0.2, -0.15) is 0 Å². The van der Waals surface area contributed by atoms with E-state index < -0.39 is 0 Å². The predicted octanol–water partition coefficient (Wildman–Crippen LogP) is 15.9. The minimum Gasteiger partial charge on any atom is -0.379 e. The fourth-order valence-corrected chi connectivity index (χ4v) is 20.7. The fourth-order valence-electron chi connectivity index (χ4n) is 20.0. The molecule has 6 N–H and O–H groups in total. The Morgan fingerprint density at radius 3 is 0.885 bits per heavy atom. The number of morpholine rings is 2. The number of hydrogen-bond acceptors (Lipinski definition) is 25. The minimum atomic E-state index is 0.710. The highest BCUT2D eigenvalue weighted by atomic mass is 35.5. The van der Waals surface area contributed by atoms with E-state index in [4.69, 9.17) is 93.0 Å². The molecule has 0 aliphatic carbocycles. The lowest BCUT2D eigenvalue weighted by Gasteiger charge is -2.36. The van der Waals surface area contributed by atoms with E-state index in [-0.39, 0.29) is 0 Å². The highest BCUT2D eigenvalue weighted by molar-refractivity contribution is 6.32. The average molecular weight is 1980 g/mol. The molecule has 728 valence electrons. The molecular weight excluding hydrogens is 1850 g/mol. The van der Waals surface area contributed by atoms with Crippen LogP contribution in [0.25, 0.3) is 83.0 Å². The topological polar surface area (TPSA) is 267 Å². The molecular formula is C104H125Cl5N28O2. The van der Waals surface area contributed by atoms with E-state index in [9.17, 15) is 0 Å². The van der Waals surface area contributed by atoms with E-state index in [1.165, 1.54) is 97.2 Å². The van der Waals surface area contributed by atoms with Crippen molar-refractivity contribution < 1.29 is 9.47 Å². The van der Waals surface area contributed by atoms with Gasteiger partial charge in [0.2, 0.25) is 0 Å². The Kier molecular flexibility index (Phi) is 33.6. The van der Waals surface area contributed by atoms with Crippen LogP contribution >= 0.6 is 58.0 Å². The number of anilines is 5. The lowest BCUT2D eigenvalue weighted by molar-refractivity contribution is 0.0289. The zero-order chi connectivity index (χ0) is 94.4. The summed E-state index contributed by atoms with van der Waals surface area (Å²) in [5, 5.41) is 54.7. The van der Waals surface area contributed by atoms with Crippen molar-refractivity contribution in [3.63, 3.8) is 0 Å². The van der Waals surface area contributed by atoms with Crippen LogP contribution in [0.4, 0.5) is 29.1 Å². The van der Waals surface area contributed by atoms with E-state index in [2.05, 4.69) is 109 Å². The van der Waals surface area contributed by atoms with Gasteiger partial charge in [0.25, 0.3) is 0 Å². The summed E-state index contributed by atoms with van der Waals surface area (Å²) in [7, 11) is 0. The van der Waals surface area contributed by atoms with Crippen LogP contribution in [0.2, 0.25) is 25.1 Å². The number of rotatable bonds is 24. The molecule has 0 bridgehead atoms. The number of hydrogen-bond donors (Lipinski definition) is 6. The van der Waals surface area contributed by atoms with Gasteiger partial charge in [-0.25, -0.2) is 23.4 Å². The van der Waals surface area contributed by atoms with Crippen molar-refractivity contribution in [3.8, 4) is 28.4 Å². The molecule has 139 heavy (non-hydrogen) atoms. The highest BCUT2D eigenvalue weighted by Gasteiger charge is 2.31. The van der Waals surface area contributed by atoms with Gasteiger partial charge in [-0.3, -0.25) is 39.6 Å². The SMILES string of the molecule is Clc1ccc(-n2nc(N3CCC(CN4CCNCC4)CC3)c3ccncc32)cc1.Clc1ccc(-n2nc(N3CCC(CN4CCOCC4)CC3)c3ccncc32)cc1.Clc1ccc(-n2nc(N3CCC(CNCC4CCNCC4)CC3)c3ccncc32)cc1.Clc1ccc(-n2nc(NCCN3CCNCC3)c3ccncc32)cc1.Clc1ccc(-n2nc(NCCN3CCOCC3)c3ccncc32)cc1. The van der Waals surface area contributed by atoms with Crippen LogP contribution < -0.4 is 46.6 Å². The molecule has 8 fully saturated rings. The monoisotopic (exact) mass is 1970 g/mol. The Morgan fingerprint density at radius 1 is 0.281 bits per heavy atom. The second-order valence-electron chi connectivity index (χ2n) is 37.1. The molecule has 0 unspecified atom stereocenters. The van der Waals surface area contributed by atoms with E-state index in [0.717, 1.165) is 315 Å². The number of piperazine rings is 2. The number of pyridine rings is 5. The largest absolute Gasteiger partial charge is 0.379 e. The van der Waals surface area contributed by atoms with Crippen LogP contribution in [-0.4, -0.2) is 303 Å². The lowest BCUT2D eigenvalue weighted by Crippen LogP contribution is -2.47. The zero-order valence-corrected chi connectivity index (χ0v) is 82.6. The minimum absolute atomic E-state index is 0.710. The Balaban J connectivity index is 0.000000111. The van der Waals surface area contributed by atoms with Crippen LogP contribution in [0.1, 0.15) is 51.4 Å². The van der Waals surface area contributed by atoms with Crippen molar-refractivity contribution in [2.45, 2.75) is 51.4 Å². The normalized spacial score (nSPS) is 17.7. The summed E-state index contributed by atoms with van der Waals surface area (Å²) in [6.07, 6.45) is 28.4. The molecule has 15 aromatic rings. The van der Waals surface area contributed by atoms with Gasteiger partial charge in [0.1, 0.15) is 0 Å². The van der Waals surface area contributed by atoms with Gasteiger partial charge in [0, 0.05) is 240 Å². The number of fused-ring (bicyclic) bond motifs is 5. The van der Waals surface area contributed by atoms with E-state index in [1.807, 2.05) is 206 Å². The first kappa shape index (κ1) is 97.1. The van der Waals surface area contributed by atoms with Gasteiger partial charge < -0.3 is 61.0 Å². The second-order valence-corrected chi connectivity index (χ2v) is 39.3. The van der Waals surface area contributed by atoms with Crippen molar-refractivity contribution in [1.82, 2.24) is 115 Å². The second kappa shape index (κ2) is 48.1. The van der Waals surface area contributed by atoms with E-state index in [1.54, 1.807) is 12.4 Å². The van der Waals surface area contributed by atoms with Crippen LogP contribution in [0.5, 0.6) is 0 Å². The van der Waals surface area contributed by atoms with Crippen LogP contribution in [0.3, 0.4) is 0 Å². The van der Waals surface area contributed by atoms with Crippen molar-refractivity contribution in [3.05, 3.63) is 239 Å². The van der Waals surface area contributed by atoms with Crippen LogP contribution in [0.15, 0.2) is 214 Å². The Hall–Kier alpha value is -10.8. The smallest absolute Gasteiger partial charge is 0.159 e. The first-order valence-electron chi connectivity index (χ1n) is 49.5. The molecule has 0 saturated carbocycles. The quantitative estimate of drug-likeness (QED) is 0.0328. The molecule has 35 heteroatoms. The van der Waals surface area contributed by atoms with Crippen LogP contribution in [-0.2, 0) is 9.47 Å². The van der Waals surface area contributed by atoms with Crippen molar-refractivity contribution in [2.75, 3.05) is 235 Å². The number of nitrogens with zero attached hydrogens (tertiary/aromatic N) is 22. The molecule has 0 amide bonds. The van der Waals surface area contributed by atoms with Gasteiger partial charge in [-0.1, -0.05) is 58.0 Å². The summed E-state index contributed by atoms with van der Waals surface area (Å²) >= 11 is 30.2. The molecule has 0 spiro atoms. The average Bonchev–Trinajstić information content (AvgIpc) is 1.62. The van der Waals surface area contributed by atoms with Crippen molar-refractivity contribution >= 4 is 142 Å². The molecule has 8 saturated heterocycles. The zero-order valence-electron chi connectivity index (χ0n) is 78.8. The lowest BCUT2D eigenvalue weighted by atomic mass is 9.95. The summed E-state index contributed by atoms with van der Waals surface area (Å²) < 4.78 is 20.6. The molecule has 0 atom stereocenters. The number of halogens is 5. The van der Waals surface area contributed by atoms with Gasteiger partial charge in [0.15, 0.2) is 29.1 Å². The molecule has 5 aromatic carbocycles. The Bertz CT molecular complexity index is 6070. The van der Waals surface area contributed by atoms with Gasteiger partial charge >= 0.3 is 0 Å². The number of ether oxygens (including phenoxy) is 2. The number of aromatic nitrogens is 15. The van der Waals surface area contributed by atoms with Crippen molar-refractivity contribution in [2.24, 2.45) is 23.7 Å². The summed E-state index contributed by atoms with van der Waals surface area (Å²) in [5.41, 5.74) is 9.99. The third-order valence-corrected chi connectivity index (χ3v) is 29.1. The Labute approximate surface area is 837 Å². The molecule has 10 aromatic heterocycles.